The van der Waals surface area contributed by atoms with Crippen molar-refractivity contribution in [2.75, 3.05) is 13.1 Å². The molecule has 1 aliphatic carbocycles. The summed E-state index contributed by atoms with van der Waals surface area (Å²) in [6, 6.07) is 0. The minimum atomic E-state index is -0.692. The van der Waals surface area contributed by atoms with Crippen molar-refractivity contribution in [3.8, 4) is 0 Å². The van der Waals surface area contributed by atoms with Gasteiger partial charge in [-0.3, -0.25) is 4.79 Å². The molecule has 0 spiro atoms. The van der Waals surface area contributed by atoms with Crippen LogP contribution in [0.15, 0.2) is 0 Å². The van der Waals surface area contributed by atoms with Crippen LogP contribution in [0.2, 0.25) is 0 Å². The molecule has 1 heterocycles. The van der Waals surface area contributed by atoms with Crippen LogP contribution >= 0.6 is 0 Å². The molecule has 0 aromatic heterocycles. The smallest absolute Gasteiger partial charge is 0.303 e. The van der Waals surface area contributed by atoms with Gasteiger partial charge < -0.3 is 15.7 Å². The van der Waals surface area contributed by atoms with Gasteiger partial charge >= 0.3 is 5.97 Å². The summed E-state index contributed by atoms with van der Waals surface area (Å²) in [5.74, 6) is 0.318. The van der Waals surface area contributed by atoms with Gasteiger partial charge in [0.05, 0.1) is 12.6 Å². The minimum Gasteiger partial charge on any atom is -0.481 e. The van der Waals surface area contributed by atoms with Crippen molar-refractivity contribution >= 4 is 5.97 Å². The maximum atomic E-state index is 10.5. The molecule has 0 atom stereocenters. The van der Waals surface area contributed by atoms with Crippen molar-refractivity contribution in [2.45, 2.75) is 38.3 Å². The maximum Gasteiger partial charge on any atom is 0.303 e. The molecule has 4 nitrogen and oxygen atoms in total. The molecule has 3 N–H and O–H groups in total. The van der Waals surface area contributed by atoms with Gasteiger partial charge in [-0.25, -0.2) is 0 Å². The Balaban J connectivity index is 1.73. The van der Waals surface area contributed by atoms with Gasteiger partial charge in [-0.1, -0.05) is 12.8 Å². The van der Waals surface area contributed by atoms with Gasteiger partial charge in [-0.15, -0.1) is 0 Å². The molecule has 0 radical (unpaired) electrons. The van der Waals surface area contributed by atoms with Gasteiger partial charge in [0.25, 0.3) is 0 Å². The van der Waals surface area contributed by atoms with Crippen LogP contribution in [-0.4, -0.2) is 30.3 Å². The summed E-state index contributed by atoms with van der Waals surface area (Å²) in [5.41, 5.74) is 0. The first kappa shape index (κ1) is 10.9. The Morgan fingerprint density at radius 1 is 1.20 bits per heavy atom. The van der Waals surface area contributed by atoms with Gasteiger partial charge in [-0.05, 0) is 24.7 Å². The number of carbonyl (C=O) groups is 1. The Bertz CT molecular complexity index is 219. The fourth-order valence-corrected chi connectivity index (χ4v) is 2.75. The molecular weight excluding hydrogens is 192 g/mol. The highest BCUT2D eigenvalue weighted by atomic mass is 16.4. The first-order valence-corrected chi connectivity index (χ1v) is 5.94. The van der Waals surface area contributed by atoms with E-state index in [0.717, 1.165) is 19.0 Å². The van der Waals surface area contributed by atoms with Crippen molar-refractivity contribution in [3.63, 3.8) is 0 Å². The van der Waals surface area contributed by atoms with Gasteiger partial charge in [0.15, 0.2) is 0 Å². The molecule has 0 amide bonds. The van der Waals surface area contributed by atoms with Crippen LogP contribution in [0.4, 0.5) is 0 Å². The van der Waals surface area contributed by atoms with Gasteiger partial charge in [0, 0.05) is 13.1 Å². The lowest BCUT2D eigenvalue weighted by molar-refractivity contribution is -0.138. The van der Waals surface area contributed by atoms with E-state index in [9.17, 15) is 4.79 Å². The van der Waals surface area contributed by atoms with Crippen LogP contribution in [-0.2, 0) is 4.79 Å². The molecule has 2 aliphatic rings. The van der Waals surface area contributed by atoms with Crippen LogP contribution < -0.4 is 10.6 Å². The third-order valence-corrected chi connectivity index (χ3v) is 3.59. The number of carboxylic acid groups (broad SMARTS) is 1. The number of aliphatic carboxylic acids is 1. The summed E-state index contributed by atoms with van der Waals surface area (Å²) >= 11 is 0. The fourth-order valence-electron chi connectivity index (χ4n) is 2.75. The van der Waals surface area contributed by atoms with E-state index < -0.39 is 5.97 Å². The summed E-state index contributed by atoms with van der Waals surface area (Å²) in [4.78, 5) is 10.5. The van der Waals surface area contributed by atoms with E-state index in [4.69, 9.17) is 5.11 Å². The molecular formula is C11H20N2O2. The van der Waals surface area contributed by atoms with E-state index in [0.29, 0.717) is 6.17 Å². The molecule has 86 valence electrons. The lowest BCUT2D eigenvalue weighted by Crippen LogP contribution is -2.56. The highest BCUT2D eigenvalue weighted by molar-refractivity contribution is 5.67. The van der Waals surface area contributed by atoms with Gasteiger partial charge in [-0.2, -0.15) is 0 Å². The SMILES string of the molecule is O=C(O)CC1CNC(C2CCCC2)NC1. The Kier molecular flexibility index (Phi) is 3.59. The monoisotopic (exact) mass is 212 g/mol. The second kappa shape index (κ2) is 4.94. The third kappa shape index (κ3) is 2.92. The molecule has 0 aromatic carbocycles. The van der Waals surface area contributed by atoms with Crippen LogP contribution in [0.25, 0.3) is 0 Å². The van der Waals surface area contributed by atoms with Crippen molar-refractivity contribution in [1.29, 1.82) is 0 Å². The standard InChI is InChI=1S/C11H20N2O2/c14-10(15)5-8-6-12-11(13-7-8)9-3-1-2-4-9/h8-9,11-13H,1-7H2,(H,14,15). The van der Waals surface area contributed by atoms with Crippen LogP contribution in [0.5, 0.6) is 0 Å². The quantitative estimate of drug-likeness (QED) is 0.647. The summed E-state index contributed by atoms with van der Waals surface area (Å²) in [7, 11) is 0. The van der Waals surface area contributed by atoms with E-state index >= 15 is 0 Å². The zero-order valence-corrected chi connectivity index (χ0v) is 9.04. The number of hydrogen-bond donors (Lipinski definition) is 3. The van der Waals surface area contributed by atoms with E-state index in [1.54, 1.807) is 0 Å². The van der Waals surface area contributed by atoms with E-state index in [1.807, 2.05) is 0 Å². The molecule has 0 unspecified atom stereocenters. The molecule has 2 fully saturated rings. The Labute approximate surface area is 90.4 Å². The largest absolute Gasteiger partial charge is 0.481 e. The topological polar surface area (TPSA) is 61.4 Å². The highest BCUT2D eigenvalue weighted by Gasteiger charge is 2.29. The lowest BCUT2D eigenvalue weighted by Gasteiger charge is -2.34. The summed E-state index contributed by atoms with van der Waals surface area (Å²) in [6.07, 6.45) is 6.03. The molecule has 1 saturated heterocycles. The Morgan fingerprint density at radius 3 is 2.33 bits per heavy atom. The lowest BCUT2D eigenvalue weighted by atomic mass is 9.98. The Hall–Kier alpha value is -0.610. The number of rotatable bonds is 3. The summed E-state index contributed by atoms with van der Waals surface area (Å²) < 4.78 is 0. The average molecular weight is 212 g/mol. The van der Waals surface area contributed by atoms with Crippen molar-refractivity contribution < 1.29 is 9.90 Å². The molecule has 0 aromatic rings. The molecule has 2 rings (SSSR count). The third-order valence-electron chi connectivity index (χ3n) is 3.59. The van der Waals surface area contributed by atoms with Crippen molar-refractivity contribution in [1.82, 2.24) is 10.6 Å². The van der Waals surface area contributed by atoms with Crippen molar-refractivity contribution in [2.24, 2.45) is 11.8 Å². The molecule has 1 aliphatic heterocycles. The predicted octanol–water partition coefficient (Wildman–Crippen LogP) is 0.786. The number of hydrogen-bond acceptors (Lipinski definition) is 3. The second-order valence-corrected chi connectivity index (χ2v) is 4.80. The summed E-state index contributed by atoms with van der Waals surface area (Å²) in [5, 5.41) is 15.6. The normalized spacial score (nSPS) is 33.1. The molecule has 1 saturated carbocycles. The average Bonchev–Trinajstić information content (AvgIpc) is 2.71. The summed E-state index contributed by atoms with van der Waals surface area (Å²) in [6.45, 7) is 1.70. The number of nitrogens with one attached hydrogen (secondary N) is 2. The number of carboxylic acids is 1. The minimum absolute atomic E-state index is 0.250. The van der Waals surface area contributed by atoms with E-state index in [2.05, 4.69) is 10.6 Å². The van der Waals surface area contributed by atoms with Crippen LogP contribution in [0.1, 0.15) is 32.1 Å². The van der Waals surface area contributed by atoms with Crippen LogP contribution in [0, 0.1) is 11.8 Å². The van der Waals surface area contributed by atoms with Crippen molar-refractivity contribution in [3.05, 3.63) is 0 Å². The second-order valence-electron chi connectivity index (χ2n) is 4.80. The Morgan fingerprint density at radius 2 is 1.80 bits per heavy atom. The molecule has 15 heavy (non-hydrogen) atoms. The first-order valence-electron chi connectivity index (χ1n) is 5.94. The molecule has 4 heteroatoms. The molecule has 0 bridgehead atoms. The zero-order chi connectivity index (χ0) is 10.7. The zero-order valence-electron chi connectivity index (χ0n) is 9.04. The highest BCUT2D eigenvalue weighted by Crippen LogP contribution is 2.27. The fraction of sp³-hybridized carbons (Fsp3) is 0.909. The van der Waals surface area contributed by atoms with Crippen LogP contribution in [0.3, 0.4) is 0 Å². The van der Waals surface area contributed by atoms with E-state index in [1.165, 1.54) is 25.7 Å². The van der Waals surface area contributed by atoms with E-state index in [-0.39, 0.29) is 12.3 Å². The predicted molar refractivity (Wildman–Crippen MR) is 57.5 cm³/mol. The van der Waals surface area contributed by atoms with Gasteiger partial charge in [0.1, 0.15) is 0 Å². The first-order chi connectivity index (χ1) is 7.25. The van der Waals surface area contributed by atoms with Gasteiger partial charge in [0.2, 0.25) is 0 Å². The maximum absolute atomic E-state index is 10.5.